The number of benzene rings is 3. The molecule has 2 aliphatic rings. The Morgan fingerprint density at radius 3 is 2.19 bits per heavy atom. The van der Waals surface area contributed by atoms with E-state index in [1.54, 1.807) is 12.1 Å². The van der Waals surface area contributed by atoms with Crippen molar-refractivity contribution < 1.29 is 13.2 Å². The highest BCUT2D eigenvalue weighted by Gasteiger charge is 2.40. The molecule has 2 heterocycles. The molecule has 5 rings (SSSR count). The Morgan fingerprint density at radius 2 is 1.51 bits per heavy atom. The van der Waals surface area contributed by atoms with E-state index in [4.69, 9.17) is 0 Å². The largest absolute Gasteiger partial charge is 0.347 e. The number of nitrogens with zero attached hydrogens (tertiary/aromatic N) is 2. The van der Waals surface area contributed by atoms with Crippen LogP contribution in [-0.2, 0) is 14.8 Å². The average Bonchev–Trinajstić information content (AvgIpc) is 3.65. The van der Waals surface area contributed by atoms with Gasteiger partial charge in [-0.1, -0.05) is 84.9 Å². The van der Waals surface area contributed by atoms with Crippen molar-refractivity contribution in [3.63, 3.8) is 0 Å². The number of hydrogen-bond donors (Lipinski definition) is 1. The quantitative estimate of drug-likeness (QED) is 0.409. The molecule has 3 aromatic rings. The van der Waals surface area contributed by atoms with E-state index in [9.17, 15) is 13.2 Å². The Hall–Kier alpha value is -2.91. The van der Waals surface area contributed by atoms with Crippen molar-refractivity contribution in [2.24, 2.45) is 0 Å². The Morgan fingerprint density at radius 1 is 0.892 bits per heavy atom. The molecule has 8 heteroatoms. The third-order valence-electron chi connectivity index (χ3n) is 6.79. The molecule has 0 bridgehead atoms. The van der Waals surface area contributed by atoms with Gasteiger partial charge in [0.15, 0.2) is 0 Å². The third kappa shape index (κ3) is 5.99. The highest BCUT2D eigenvalue weighted by molar-refractivity contribution is 8.02. The van der Waals surface area contributed by atoms with Gasteiger partial charge >= 0.3 is 0 Å². The maximum atomic E-state index is 13.6. The number of amides is 1. The van der Waals surface area contributed by atoms with E-state index in [1.165, 1.54) is 16.1 Å². The van der Waals surface area contributed by atoms with Gasteiger partial charge < -0.3 is 5.32 Å². The molecule has 1 fully saturated rings. The lowest BCUT2D eigenvalue weighted by molar-refractivity contribution is -0.123. The summed E-state index contributed by atoms with van der Waals surface area (Å²) in [5, 5.41) is 2.38. The predicted molar refractivity (Wildman–Crippen MR) is 150 cm³/mol. The van der Waals surface area contributed by atoms with Gasteiger partial charge in [0, 0.05) is 31.9 Å². The van der Waals surface area contributed by atoms with Crippen LogP contribution < -0.4 is 5.32 Å². The minimum Gasteiger partial charge on any atom is -0.347 e. The van der Waals surface area contributed by atoms with Crippen molar-refractivity contribution in [2.75, 3.05) is 31.9 Å². The minimum absolute atomic E-state index is 0.190. The zero-order valence-corrected chi connectivity index (χ0v) is 22.2. The van der Waals surface area contributed by atoms with Gasteiger partial charge in [-0.15, -0.1) is 11.8 Å². The van der Waals surface area contributed by atoms with E-state index in [0.717, 1.165) is 42.7 Å². The van der Waals surface area contributed by atoms with Crippen molar-refractivity contribution in [2.45, 2.75) is 22.7 Å². The summed E-state index contributed by atoms with van der Waals surface area (Å²) < 4.78 is 28.5. The van der Waals surface area contributed by atoms with Gasteiger partial charge in [0.1, 0.15) is 5.37 Å². The van der Waals surface area contributed by atoms with Gasteiger partial charge in [-0.3, -0.25) is 9.69 Å². The first kappa shape index (κ1) is 25.7. The normalized spacial score (nSPS) is 19.2. The molecule has 2 unspecified atom stereocenters. The van der Waals surface area contributed by atoms with Crippen LogP contribution in [0.2, 0.25) is 0 Å². The molecule has 37 heavy (non-hydrogen) atoms. The van der Waals surface area contributed by atoms with E-state index >= 15 is 0 Å². The zero-order valence-electron chi connectivity index (χ0n) is 20.6. The second-order valence-corrected chi connectivity index (χ2v) is 12.3. The first-order chi connectivity index (χ1) is 18.0. The molecule has 3 aromatic carbocycles. The van der Waals surface area contributed by atoms with Crippen molar-refractivity contribution in [3.8, 4) is 11.1 Å². The van der Waals surface area contributed by atoms with Crippen LogP contribution in [0.25, 0.3) is 11.1 Å². The molecule has 2 aliphatic heterocycles. The van der Waals surface area contributed by atoms with Crippen molar-refractivity contribution in [1.82, 2.24) is 14.5 Å². The zero-order chi connectivity index (χ0) is 25.7. The molecular formula is C29H31N3O3S2. The number of nitrogens with one attached hydrogen (secondary N) is 1. The first-order valence-electron chi connectivity index (χ1n) is 12.5. The van der Waals surface area contributed by atoms with Crippen LogP contribution in [0, 0.1) is 0 Å². The van der Waals surface area contributed by atoms with Gasteiger partial charge in [0.05, 0.1) is 10.9 Å². The maximum Gasteiger partial charge on any atom is 0.249 e. The van der Waals surface area contributed by atoms with Crippen LogP contribution >= 0.6 is 11.8 Å². The fraction of sp³-hybridized carbons (Fsp3) is 0.276. The minimum atomic E-state index is -3.82. The van der Waals surface area contributed by atoms with Crippen molar-refractivity contribution in [1.29, 1.82) is 0 Å². The van der Waals surface area contributed by atoms with Crippen LogP contribution in [0.15, 0.2) is 102 Å². The topological polar surface area (TPSA) is 69.7 Å². The van der Waals surface area contributed by atoms with E-state index < -0.39 is 15.4 Å². The first-order valence-corrected chi connectivity index (χ1v) is 15.0. The summed E-state index contributed by atoms with van der Waals surface area (Å²) in [6.45, 7) is 2.99. The van der Waals surface area contributed by atoms with Gasteiger partial charge in [0.25, 0.3) is 0 Å². The smallest absolute Gasteiger partial charge is 0.249 e. The number of carbonyl (C=O) groups is 1. The summed E-state index contributed by atoms with van der Waals surface area (Å²) in [7, 11) is -3.82. The number of rotatable bonds is 9. The summed E-state index contributed by atoms with van der Waals surface area (Å²) in [5.41, 5.74) is 3.00. The average molecular weight is 534 g/mol. The Balaban J connectivity index is 1.31. The van der Waals surface area contributed by atoms with Gasteiger partial charge in [-0.2, -0.15) is 4.31 Å². The van der Waals surface area contributed by atoms with Crippen LogP contribution in [-0.4, -0.2) is 60.8 Å². The summed E-state index contributed by atoms with van der Waals surface area (Å²) in [4.78, 5) is 16.0. The van der Waals surface area contributed by atoms with Gasteiger partial charge in [0.2, 0.25) is 15.9 Å². The van der Waals surface area contributed by atoms with E-state index in [2.05, 4.69) is 22.4 Å². The molecule has 1 saturated heterocycles. The molecular weight excluding hydrogens is 502 g/mol. The predicted octanol–water partition coefficient (Wildman–Crippen LogP) is 4.54. The second-order valence-electron chi connectivity index (χ2n) is 9.22. The molecule has 0 spiro atoms. The highest BCUT2D eigenvalue weighted by atomic mass is 32.2. The molecule has 0 radical (unpaired) electrons. The van der Waals surface area contributed by atoms with Crippen LogP contribution in [0.1, 0.15) is 18.0 Å². The molecule has 192 valence electrons. The van der Waals surface area contributed by atoms with Crippen molar-refractivity contribution >= 4 is 27.7 Å². The van der Waals surface area contributed by atoms with Crippen LogP contribution in [0.3, 0.4) is 0 Å². The van der Waals surface area contributed by atoms with Gasteiger partial charge in [-0.25, -0.2) is 8.42 Å². The maximum absolute atomic E-state index is 13.6. The lowest BCUT2D eigenvalue weighted by atomic mass is 10.0. The Kier molecular flexibility index (Phi) is 8.10. The number of carbonyl (C=O) groups excluding carboxylic acids is 1. The van der Waals surface area contributed by atoms with Crippen LogP contribution in [0.4, 0.5) is 0 Å². The summed E-state index contributed by atoms with van der Waals surface area (Å²) >= 11 is 1.38. The van der Waals surface area contributed by atoms with Crippen LogP contribution in [0.5, 0.6) is 0 Å². The molecule has 0 aromatic heterocycles. The van der Waals surface area contributed by atoms with E-state index in [0.29, 0.717) is 12.3 Å². The lowest BCUT2D eigenvalue weighted by Gasteiger charge is -2.27. The standard InChI is InChI=1S/C29H31N3O3S2/c33-28(30-27(25-11-5-2-6-12-25)17-20-31-18-7-8-19-31)29-32(21-22-36-29)37(34,35)26-15-13-24(14-16-26)23-9-3-1-4-10-23/h1-16,27,29H,17-22H2,(H,30,33). The molecule has 0 saturated carbocycles. The van der Waals surface area contributed by atoms with E-state index in [1.807, 2.05) is 72.8 Å². The highest BCUT2D eigenvalue weighted by Crippen LogP contribution is 2.32. The van der Waals surface area contributed by atoms with E-state index in [-0.39, 0.29) is 16.8 Å². The fourth-order valence-corrected chi connectivity index (χ4v) is 7.84. The van der Waals surface area contributed by atoms with Gasteiger partial charge in [-0.05, 0) is 35.2 Å². The third-order valence-corrected chi connectivity index (χ3v) is 10.0. The Bertz CT molecular complexity index is 1320. The van der Waals surface area contributed by atoms with Crippen molar-refractivity contribution in [3.05, 3.63) is 103 Å². The number of sulfonamides is 1. The summed E-state index contributed by atoms with van der Waals surface area (Å²) in [6, 6.07) is 26.5. The summed E-state index contributed by atoms with van der Waals surface area (Å²) in [5.74, 6) is 0.315. The lowest BCUT2D eigenvalue weighted by Crippen LogP contribution is -2.46. The SMILES string of the molecule is O=C(NC(CCN1CC=CC1)c1ccccc1)C1SCCN1S(=O)(=O)c1ccc(-c2ccccc2)cc1. The molecule has 1 amide bonds. The molecule has 2 atom stereocenters. The Labute approximate surface area is 223 Å². The molecule has 6 nitrogen and oxygen atoms in total. The monoisotopic (exact) mass is 533 g/mol. The number of thioether (sulfide) groups is 1. The molecule has 1 N–H and O–H groups in total. The summed E-state index contributed by atoms with van der Waals surface area (Å²) in [6.07, 6.45) is 5.06. The number of hydrogen-bond acceptors (Lipinski definition) is 5. The second kappa shape index (κ2) is 11.6. The fourth-order valence-electron chi connectivity index (χ4n) is 4.76. The molecule has 0 aliphatic carbocycles.